The van der Waals surface area contributed by atoms with Crippen LogP contribution in [-0.2, 0) is 0 Å². The summed E-state index contributed by atoms with van der Waals surface area (Å²) >= 11 is 0. The molecule has 0 saturated heterocycles. The number of fused-ring (bicyclic) bond motifs is 1. The molecule has 2 heteroatoms. The van der Waals surface area contributed by atoms with Crippen LogP contribution in [0.25, 0.3) is 68.5 Å². The van der Waals surface area contributed by atoms with Gasteiger partial charge in [0.25, 0.3) is 0 Å². The molecule has 5 aromatic rings. The minimum Gasteiger partial charge on any atom is -0.504 e. The van der Waals surface area contributed by atoms with E-state index >= 15 is 0 Å². The fraction of sp³-hybridized carbons (Fsp3) is 0.171. The quantitative estimate of drug-likeness (QED) is 0.208. The molecule has 2 N–H and O–H groups in total. The number of aromatic hydroxyl groups is 2. The van der Waals surface area contributed by atoms with Gasteiger partial charge in [0.2, 0.25) is 0 Å². The van der Waals surface area contributed by atoms with Crippen molar-refractivity contribution in [3.8, 4) is 44.9 Å². The topological polar surface area (TPSA) is 40.5 Å². The van der Waals surface area contributed by atoms with Crippen LogP contribution in [0, 0.1) is 20.8 Å². The Morgan fingerprint density at radius 2 is 1.09 bits per heavy atom. The highest BCUT2D eigenvalue weighted by Crippen LogP contribution is 2.43. The van der Waals surface area contributed by atoms with Crippen molar-refractivity contribution < 1.29 is 10.2 Å². The summed E-state index contributed by atoms with van der Waals surface area (Å²) in [5.74, 6) is -0.109. The van der Waals surface area contributed by atoms with Gasteiger partial charge in [-0.1, -0.05) is 118 Å². The first-order valence-electron chi connectivity index (χ1n) is 15.0. The Hall–Kier alpha value is -4.82. The fourth-order valence-electron chi connectivity index (χ4n) is 6.21. The Balaban J connectivity index is 0.00000207. The van der Waals surface area contributed by atoms with E-state index < -0.39 is 0 Å². The number of hydrogen-bond donors (Lipinski definition) is 2. The zero-order valence-corrected chi connectivity index (χ0v) is 26.5. The van der Waals surface area contributed by atoms with Gasteiger partial charge in [-0.25, -0.2) is 0 Å². The van der Waals surface area contributed by atoms with Gasteiger partial charge in [0.15, 0.2) is 11.5 Å². The molecule has 0 amide bonds. The van der Waals surface area contributed by atoms with E-state index in [0.717, 1.165) is 65.7 Å². The van der Waals surface area contributed by atoms with E-state index in [-0.39, 0.29) is 11.5 Å². The van der Waals surface area contributed by atoms with Gasteiger partial charge in [-0.2, -0.15) is 0 Å². The zero-order chi connectivity index (χ0) is 31.4. The summed E-state index contributed by atoms with van der Waals surface area (Å²) < 4.78 is 0. The summed E-state index contributed by atoms with van der Waals surface area (Å²) in [6.07, 6.45) is 8.10. The lowest BCUT2D eigenvalue weighted by Crippen LogP contribution is -2.29. The van der Waals surface area contributed by atoms with Crippen molar-refractivity contribution in [1.82, 2.24) is 0 Å². The van der Waals surface area contributed by atoms with Crippen molar-refractivity contribution in [3.63, 3.8) is 0 Å². The number of hydrogen-bond acceptors (Lipinski definition) is 2. The Kier molecular flexibility index (Phi) is 9.41. The minimum atomic E-state index is -0.0599. The van der Waals surface area contributed by atoms with Gasteiger partial charge >= 0.3 is 0 Å². The van der Waals surface area contributed by atoms with E-state index in [1.54, 1.807) is 0 Å². The number of phenols is 2. The second-order valence-corrected chi connectivity index (χ2v) is 10.4. The number of benzene rings is 5. The molecule has 5 rings (SSSR count). The highest BCUT2D eigenvalue weighted by Gasteiger charge is 2.22. The van der Waals surface area contributed by atoms with Crippen LogP contribution in [0.1, 0.15) is 55.5 Å². The Labute approximate surface area is 256 Å². The molecule has 0 heterocycles. The summed E-state index contributed by atoms with van der Waals surface area (Å²) in [6, 6.07) is 23.5. The SMILES string of the molecule is C=Cc1cccc(-c2ccc(-c3c(=C/C)/c(=C\C)c(-c4c(C)c(C)c(O)c(O)c4C)c4ccccc34)cc2)c1C=C.CC. The molecule has 0 radical (unpaired) electrons. The average molecular weight is 567 g/mol. The van der Waals surface area contributed by atoms with Gasteiger partial charge in [0.1, 0.15) is 0 Å². The molecule has 0 bridgehead atoms. The van der Waals surface area contributed by atoms with Crippen LogP contribution in [0.5, 0.6) is 11.5 Å². The maximum atomic E-state index is 10.9. The Bertz CT molecular complexity index is 1940. The maximum Gasteiger partial charge on any atom is 0.161 e. The second-order valence-electron chi connectivity index (χ2n) is 10.4. The lowest BCUT2D eigenvalue weighted by Gasteiger charge is -2.21. The van der Waals surface area contributed by atoms with Gasteiger partial charge in [-0.15, -0.1) is 0 Å². The first kappa shape index (κ1) is 31.1. The van der Waals surface area contributed by atoms with E-state index in [9.17, 15) is 10.2 Å². The lowest BCUT2D eigenvalue weighted by atomic mass is 9.83. The number of rotatable bonds is 5. The van der Waals surface area contributed by atoms with E-state index in [4.69, 9.17) is 0 Å². The molecule has 0 aromatic heterocycles. The highest BCUT2D eigenvalue weighted by molar-refractivity contribution is 6.07. The van der Waals surface area contributed by atoms with Gasteiger partial charge in [0, 0.05) is 5.56 Å². The fourth-order valence-corrected chi connectivity index (χ4v) is 6.21. The molecular weight excluding hydrogens is 524 g/mol. The van der Waals surface area contributed by atoms with Crippen LogP contribution in [0.2, 0.25) is 0 Å². The predicted octanol–water partition coefficient (Wildman–Crippen LogP) is 10.1. The first-order chi connectivity index (χ1) is 20.8. The van der Waals surface area contributed by atoms with Crippen molar-refractivity contribution in [1.29, 1.82) is 0 Å². The summed E-state index contributed by atoms with van der Waals surface area (Å²) in [5.41, 5.74) is 11.1. The van der Waals surface area contributed by atoms with E-state index in [2.05, 4.69) is 106 Å². The molecule has 0 aliphatic rings. The third kappa shape index (κ3) is 5.19. The van der Waals surface area contributed by atoms with Crippen molar-refractivity contribution in [3.05, 3.63) is 118 Å². The molecule has 218 valence electrons. The summed E-state index contributed by atoms with van der Waals surface area (Å²) in [7, 11) is 0. The average Bonchev–Trinajstić information content (AvgIpc) is 3.06. The molecular formula is C41H42O2. The van der Waals surface area contributed by atoms with Gasteiger partial charge in [0.05, 0.1) is 0 Å². The largest absolute Gasteiger partial charge is 0.504 e. The molecule has 2 nitrogen and oxygen atoms in total. The molecule has 5 aromatic carbocycles. The summed E-state index contributed by atoms with van der Waals surface area (Å²) in [6.45, 7) is 21.9. The predicted molar refractivity (Wildman–Crippen MR) is 189 cm³/mol. The lowest BCUT2D eigenvalue weighted by molar-refractivity contribution is 0.398. The molecule has 0 saturated carbocycles. The molecule has 0 aliphatic heterocycles. The molecule has 0 spiro atoms. The van der Waals surface area contributed by atoms with E-state index in [1.165, 1.54) is 5.56 Å². The standard InChI is InChI=1S/C39H36O2.C2H6/c1-8-26-15-14-18-32(29(26)9-2)27-19-21-28(22-20-27)36-30(10-3)31(11-4)37(34-17-13-12-16-33(34)36)35-23(5)24(6)38(40)39(41)25(35)7;1-2/h8-22,40-41H,1-2H2,3-7H3;1-2H3/b30-10+,31-11+;. The van der Waals surface area contributed by atoms with Gasteiger partial charge in [-0.05, 0) is 111 Å². The van der Waals surface area contributed by atoms with E-state index in [0.29, 0.717) is 11.1 Å². The summed E-state index contributed by atoms with van der Waals surface area (Å²) in [4.78, 5) is 0. The Morgan fingerprint density at radius 3 is 1.65 bits per heavy atom. The Morgan fingerprint density at radius 1 is 0.558 bits per heavy atom. The smallest absolute Gasteiger partial charge is 0.161 e. The maximum absolute atomic E-state index is 10.9. The normalized spacial score (nSPS) is 11.8. The third-order valence-electron chi connectivity index (χ3n) is 8.42. The van der Waals surface area contributed by atoms with Crippen LogP contribution >= 0.6 is 0 Å². The monoisotopic (exact) mass is 566 g/mol. The van der Waals surface area contributed by atoms with Crippen molar-refractivity contribution >= 4 is 35.1 Å². The minimum absolute atomic E-state index is 0.0488. The second kappa shape index (κ2) is 13.0. The number of phenolic OH excluding ortho intramolecular Hbond substituents is 2. The van der Waals surface area contributed by atoms with Crippen LogP contribution in [0.15, 0.2) is 79.9 Å². The molecule has 0 fully saturated rings. The molecule has 0 unspecified atom stereocenters. The van der Waals surface area contributed by atoms with E-state index in [1.807, 2.05) is 46.8 Å². The zero-order valence-electron chi connectivity index (χ0n) is 26.5. The van der Waals surface area contributed by atoms with Crippen LogP contribution < -0.4 is 10.4 Å². The molecule has 0 aliphatic carbocycles. The van der Waals surface area contributed by atoms with Crippen molar-refractivity contribution in [2.75, 3.05) is 0 Å². The highest BCUT2D eigenvalue weighted by atomic mass is 16.3. The first-order valence-corrected chi connectivity index (χ1v) is 15.0. The van der Waals surface area contributed by atoms with Gasteiger partial charge < -0.3 is 10.2 Å². The third-order valence-corrected chi connectivity index (χ3v) is 8.42. The van der Waals surface area contributed by atoms with Crippen LogP contribution in [0.4, 0.5) is 0 Å². The van der Waals surface area contributed by atoms with Crippen molar-refractivity contribution in [2.24, 2.45) is 0 Å². The molecule has 0 atom stereocenters. The van der Waals surface area contributed by atoms with Gasteiger partial charge in [-0.3, -0.25) is 0 Å². The summed E-state index contributed by atoms with van der Waals surface area (Å²) in [5, 5.41) is 25.9. The van der Waals surface area contributed by atoms with Crippen molar-refractivity contribution in [2.45, 2.75) is 48.5 Å². The van der Waals surface area contributed by atoms with Crippen LogP contribution in [0.3, 0.4) is 0 Å². The molecule has 43 heavy (non-hydrogen) atoms. The van der Waals surface area contributed by atoms with Crippen LogP contribution in [-0.4, -0.2) is 10.2 Å².